The van der Waals surface area contributed by atoms with E-state index in [0.717, 1.165) is 11.8 Å². The van der Waals surface area contributed by atoms with Gasteiger partial charge in [-0.25, -0.2) is 0 Å². The predicted octanol–water partition coefficient (Wildman–Crippen LogP) is 4.34. The maximum absolute atomic E-state index is 11.0. The number of rotatable bonds is 2. The fourth-order valence-electron chi connectivity index (χ4n) is 2.97. The Kier molecular flexibility index (Phi) is 3.12. The molecule has 1 aliphatic rings. The van der Waals surface area contributed by atoms with E-state index < -0.39 is 0 Å². The van der Waals surface area contributed by atoms with Gasteiger partial charge in [-0.2, -0.15) is 0 Å². The molecule has 0 aromatic heterocycles. The second kappa shape index (κ2) is 4.22. The molecule has 1 unspecified atom stereocenters. The lowest BCUT2D eigenvalue weighted by molar-refractivity contribution is -0.108. The molecule has 98 valence electrons. The van der Waals surface area contributed by atoms with Gasteiger partial charge in [0.15, 0.2) is 0 Å². The maximum Gasteiger partial charge on any atom is 0.127 e. The molecular formula is C17H24O. The van der Waals surface area contributed by atoms with Crippen LogP contribution < -0.4 is 0 Å². The van der Waals surface area contributed by atoms with Crippen LogP contribution in [-0.4, -0.2) is 6.29 Å². The largest absolute Gasteiger partial charge is 0.303 e. The average Bonchev–Trinajstić information content (AvgIpc) is 2.34. The smallest absolute Gasteiger partial charge is 0.127 e. The molecule has 0 N–H and O–H groups in total. The monoisotopic (exact) mass is 244 g/mol. The number of hydrogen-bond donors (Lipinski definition) is 0. The molecule has 0 saturated carbocycles. The van der Waals surface area contributed by atoms with Crippen LogP contribution in [0.2, 0.25) is 0 Å². The normalized spacial score (nSPS) is 22.1. The summed E-state index contributed by atoms with van der Waals surface area (Å²) in [5, 5.41) is 0. The molecule has 0 spiro atoms. The van der Waals surface area contributed by atoms with Crippen LogP contribution in [0.4, 0.5) is 0 Å². The number of carbonyl (C=O) groups excluding carboxylic acids is 1. The Bertz CT molecular complexity index is 468. The molecule has 0 aliphatic heterocycles. The third-order valence-corrected chi connectivity index (χ3v) is 4.61. The third kappa shape index (κ3) is 2.11. The highest BCUT2D eigenvalue weighted by Gasteiger charge is 2.37. The van der Waals surface area contributed by atoms with Crippen LogP contribution >= 0.6 is 0 Å². The first-order chi connectivity index (χ1) is 8.28. The van der Waals surface area contributed by atoms with Gasteiger partial charge in [-0.3, -0.25) is 0 Å². The van der Waals surface area contributed by atoms with Crippen molar-refractivity contribution in [2.45, 2.75) is 64.2 Å². The van der Waals surface area contributed by atoms with Crippen LogP contribution in [0.3, 0.4) is 0 Å². The number of benzene rings is 1. The van der Waals surface area contributed by atoms with E-state index in [-0.39, 0.29) is 16.7 Å². The summed E-state index contributed by atoms with van der Waals surface area (Å²) in [7, 11) is 0. The Morgan fingerprint density at radius 3 is 2.17 bits per heavy atom. The van der Waals surface area contributed by atoms with Crippen LogP contribution in [-0.2, 0) is 15.6 Å². The van der Waals surface area contributed by atoms with Gasteiger partial charge in [0.1, 0.15) is 6.29 Å². The molecule has 1 aromatic rings. The highest BCUT2D eigenvalue weighted by Crippen LogP contribution is 2.46. The fourth-order valence-corrected chi connectivity index (χ4v) is 2.97. The summed E-state index contributed by atoms with van der Waals surface area (Å²) in [5.74, 6) is -0.00358. The zero-order chi connectivity index (χ0) is 13.6. The van der Waals surface area contributed by atoms with Crippen molar-refractivity contribution in [3.8, 4) is 0 Å². The minimum absolute atomic E-state index is 0.00358. The zero-order valence-corrected chi connectivity index (χ0v) is 12.2. The van der Waals surface area contributed by atoms with E-state index in [1.165, 1.54) is 24.0 Å². The van der Waals surface area contributed by atoms with Gasteiger partial charge < -0.3 is 4.79 Å². The number of aldehydes is 1. The highest BCUT2D eigenvalue weighted by atomic mass is 16.1. The average molecular weight is 244 g/mol. The van der Waals surface area contributed by atoms with Gasteiger partial charge in [0.2, 0.25) is 0 Å². The van der Waals surface area contributed by atoms with Gasteiger partial charge in [-0.05, 0) is 40.4 Å². The third-order valence-electron chi connectivity index (χ3n) is 4.61. The quantitative estimate of drug-likeness (QED) is 0.707. The Morgan fingerprint density at radius 2 is 1.61 bits per heavy atom. The molecule has 1 atom stereocenters. The predicted molar refractivity (Wildman–Crippen MR) is 76.2 cm³/mol. The van der Waals surface area contributed by atoms with E-state index in [0.29, 0.717) is 0 Å². The number of fused-ring (bicyclic) bond motifs is 1. The van der Waals surface area contributed by atoms with Gasteiger partial charge in [0.05, 0.1) is 0 Å². The van der Waals surface area contributed by atoms with E-state index in [9.17, 15) is 4.79 Å². The molecular weight excluding hydrogens is 220 g/mol. The van der Waals surface area contributed by atoms with E-state index in [4.69, 9.17) is 0 Å². The molecule has 0 fully saturated rings. The summed E-state index contributed by atoms with van der Waals surface area (Å²) in [6.07, 6.45) is 3.48. The molecule has 1 heteroatoms. The molecule has 2 rings (SSSR count). The summed E-state index contributed by atoms with van der Waals surface area (Å²) in [5.41, 5.74) is 4.53. The van der Waals surface area contributed by atoms with Crippen molar-refractivity contribution >= 4 is 6.29 Å². The first kappa shape index (κ1) is 13.3. The summed E-state index contributed by atoms with van der Waals surface area (Å²) in [6, 6.07) is 6.63. The Hall–Kier alpha value is -1.11. The molecule has 0 amide bonds. The first-order valence-electron chi connectivity index (χ1n) is 6.88. The van der Waals surface area contributed by atoms with Gasteiger partial charge in [0.25, 0.3) is 0 Å². The van der Waals surface area contributed by atoms with Crippen molar-refractivity contribution in [3.05, 3.63) is 34.9 Å². The second-order valence-corrected chi connectivity index (χ2v) is 7.00. The number of hydrogen-bond acceptors (Lipinski definition) is 1. The summed E-state index contributed by atoms with van der Waals surface area (Å²) in [4.78, 5) is 11.0. The molecule has 0 saturated heterocycles. The van der Waals surface area contributed by atoms with Gasteiger partial charge in [-0.1, -0.05) is 52.8 Å². The van der Waals surface area contributed by atoms with Crippen molar-refractivity contribution in [2.24, 2.45) is 0 Å². The van der Waals surface area contributed by atoms with E-state index >= 15 is 0 Å². The van der Waals surface area contributed by atoms with Crippen LogP contribution in [0.1, 0.15) is 70.1 Å². The second-order valence-electron chi connectivity index (χ2n) is 7.00. The molecule has 0 radical (unpaired) electrons. The minimum Gasteiger partial charge on any atom is -0.303 e. The standard InChI is InChI=1S/C17H24O/c1-12(11-18)13-6-7-14-15(10-13)17(4,5)9-8-16(14,2)3/h6-7,10-12H,8-9H2,1-5H3. The lowest BCUT2D eigenvalue weighted by Crippen LogP contribution is -2.34. The van der Waals surface area contributed by atoms with Crippen molar-refractivity contribution in [3.63, 3.8) is 0 Å². The fraction of sp³-hybridized carbons (Fsp3) is 0.588. The van der Waals surface area contributed by atoms with Gasteiger partial charge in [-0.15, -0.1) is 0 Å². The number of carbonyl (C=O) groups is 1. The van der Waals surface area contributed by atoms with E-state index in [2.05, 4.69) is 45.9 Å². The molecule has 1 nitrogen and oxygen atoms in total. The van der Waals surface area contributed by atoms with Crippen LogP contribution in [0.25, 0.3) is 0 Å². The van der Waals surface area contributed by atoms with Crippen molar-refractivity contribution in [2.75, 3.05) is 0 Å². The van der Waals surface area contributed by atoms with Crippen molar-refractivity contribution in [1.29, 1.82) is 0 Å². The van der Waals surface area contributed by atoms with Crippen LogP contribution in [0.5, 0.6) is 0 Å². The minimum atomic E-state index is -0.00358. The van der Waals surface area contributed by atoms with E-state index in [1.54, 1.807) is 0 Å². The zero-order valence-electron chi connectivity index (χ0n) is 12.2. The highest BCUT2D eigenvalue weighted by molar-refractivity contribution is 5.62. The first-order valence-corrected chi connectivity index (χ1v) is 6.88. The van der Waals surface area contributed by atoms with Crippen LogP contribution in [0, 0.1) is 0 Å². The molecule has 0 bridgehead atoms. The van der Waals surface area contributed by atoms with Crippen LogP contribution in [0.15, 0.2) is 18.2 Å². The summed E-state index contributed by atoms with van der Waals surface area (Å²) >= 11 is 0. The lowest BCUT2D eigenvalue weighted by atomic mass is 9.63. The summed E-state index contributed by atoms with van der Waals surface area (Å²) < 4.78 is 0. The molecule has 1 aromatic carbocycles. The Labute approximate surface area is 111 Å². The molecule has 1 aliphatic carbocycles. The van der Waals surface area contributed by atoms with E-state index in [1.807, 2.05) is 6.92 Å². The Morgan fingerprint density at radius 1 is 1.06 bits per heavy atom. The topological polar surface area (TPSA) is 17.1 Å². The van der Waals surface area contributed by atoms with Crippen molar-refractivity contribution < 1.29 is 4.79 Å². The van der Waals surface area contributed by atoms with Gasteiger partial charge in [0, 0.05) is 5.92 Å². The SMILES string of the molecule is CC(C=O)c1ccc2c(c1)C(C)(C)CCC2(C)C. The lowest BCUT2D eigenvalue weighted by Gasteiger charge is -2.42. The van der Waals surface area contributed by atoms with Crippen molar-refractivity contribution in [1.82, 2.24) is 0 Å². The Balaban J connectivity index is 2.58. The van der Waals surface area contributed by atoms with Gasteiger partial charge >= 0.3 is 0 Å². The molecule has 18 heavy (non-hydrogen) atoms. The maximum atomic E-state index is 11.0. The molecule has 0 heterocycles. The summed E-state index contributed by atoms with van der Waals surface area (Å²) in [6.45, 7) is 11.2.